The lowest BCUT2D eigenvalue weighted by Gasteiger charge is -2.09. The Hall–Kier alpha value is -1.73. The predicted molar refractivity (Wildman–Crippen MR) is 88.1 cm³/mol. The van der Waals surface area contributed by atoms with Crippen LogP contribution in [0, 0.1) is 11.6 Å². The van der Waals surface area contributed by atoms with Crippen molar-refractivity contribution in [3.8, 4) is 11.5 Å². The fourth-order valence-corrected chi connectivity index (χ4v) is 3.11. The lowest BCUT2D eigenvalue weighted by Crippen LogP contribution is -1.94. The molecule has 1 atom stereocenters. The zero-order valence-corrected chi connectivity index (χ0v) is 14.4. The van der Waals surface area contributed by atoms with Crippen LogP contribution in [0.15, 0.2) is 56.6 Å². The number of hydrogen-bond acceptors (Lipinski definition) is 4. The predicted octanol–water partition coefficient (Wildman–Crippen LogP) is 5.63. The van der Waals surface area contributed by atoms with E-state index in [0.29, 0.717) is 16.7 Å². The molecule has 1 aromatic heterocycles. The molecule has 3 rings (SSSR count). The molecule has 0 unspecified atom stereocenters. The number of thioether (sulfide) groups is 1. The van der Waals surface area contributed by atoms with Crippen LogP contribution in [0.5, 0.6) is 0 Å². The second-order valence-electron chi connectivity index (χ2n) is 4.81. The van der Waals surface area contributed by atoms with E-state index in [1.54, 1.807) is 6.92 Å². The third-order valence-corrected chi connectivity index (χ3v) is 4.68. The zero-order chi connectivity index (χ0) is 16.4. The van der Waals surface area contributed by atoms with Gasteiger partial charge >= 0.3 is 0 Å². The van der Waals surface area contributed by atoms with Gasteiger partial charge in [-0.2, -0.15) is 0 Å². The summed E-state index contributed by atoms with van der Waals surface area (Å²) in [7, 11) is 0. The van der Waals surface area contributed by atoms with Gasteiger partial charge in [0.05, 0.1) is 0 Å². The summed E-state index contributed by atoms with van der Waals surface area (Å²) in [6, 6.07) is 11.0. The highest BCUT2D eigenvalue weighted by Crippen LogP contribution is 2.36. The van der Waals surface area contributed by atoms with Crippen molar-refractivity contribution in [2.24, 2.45) is 0 Å². The number of halogens is 3. The first-order valence-corrected chi connectivity index (χ1v) is 8.41. The summed E-state index contributed by atoms with van der Waals surface area (Å²) in [5.74, 6) is -0.789. The van der Waals surface area contributed by atoms with E-state index in [1.807, 2.05) is 24.3 Å². The fourth-order valence-electron chi connectivity index (χ4n) is 2.01. The maximum absolute atomic E-state index is 13.8. The standard InChI is InChI=1S/C16H11BrF2N2OS/c1-9(13-7-6-12(18)8-14(13)19)23-16-21-20-15(22-16)10-2-4-11(17)5-3-10/h2-9H,1H3/t9-/m0/s1. The lowest BCUT2D eigenvalue weighted by molar-refractivity contribution is 0.465. The van der Waals surface area contributed by atoms with Gasteiger partial charge in [0.2, 0.25) is 5.89 Å². The van der Waals surface area contributed by atoms with Crippen LogP contribution in [0.1, 0.15) is 17.7 Å². The Morgan fingerprint density at radius 1 is 1.09 bits per heavy atom. The van der Waals surface area contributed by atoms with Gasteiger partial charge in [-0.15, -0.1) is 10.2 Å². The smallest absolute Gasteiger partial charge is 0.277 e. The number of rotatable bonds is 4. The van der Waals surface area contributed by atoms with E-state index in [2.05, 4.69) is 26.1 Å². The highest BCUT2D eigenvalue weighted by Gasteiger charge is 2.17. The molecule has 3 aromatic rings. The van der Waals surface area contributed by atoms with Gasteiger partial charge < -0.3 is 4.42 Å². The van der Waals surface area contributed by atoms with Crippen LogP contribution in [0.2, 0.25) is 0 Å². The van der Waals surface area contributed by atoms with Gasteiger partial charge in [-0.3, -0.25) is 0 Å². The van der Waals surface area contributed by atoms with Crippen molar-refractivity contribution in [1.82, 2.24) is 10.2 Å². The molecular formula is C16H11BrF2N2OS. The van der Waals surface area contributed by atoms with E-state index < -0.39 is 11.6 Å². The molecule has 0 saturated carbocycles. The summed E-state index contributed by atoms with van der Waals surface area (Å²) in [6.45, 7) is 1.80. The summed E-state index contributed by atoms with van der Waals surface area (Å²) in [6.07, 6.45) is 0. The summed E-state index contributed by atoms with van der Waals surface area (Å²) >= 11 is 4.58. The normalized spacial score (nSPS) is 12.3. The first kappa shape index (κ1) is 16.1. The molecule has 0 fully saturated rings. The first-order chi connectivity index (χ1) is 11.0. The highest BCUT2D eigenvalue weighted by atomic mass is 79.9. The van der Waals surface area contributed by atoms with Crippen LogP contribution in [0.4, 0.5) is 8.78 Å². The molecule has 0 aliphatic carbocycles. The molecule has 118 valence electrons. The van der Waals surface area contributed by atoms with Crippen molar-refractivity contribution in [1.29, 1.82) is 0 Å². The van der Waals surface area contributed by atoms with Crippen molar-refractivity contribution in [2.75, 3.05) is 0 Å². The number of hydrogen-bond donors (Lipinski definition) is 0. The Labute approximate surface area is 144 Å². The molecule has 3 nitrogen and oxygen atoms in total. The van der Waals surface area contributed by atoms with Gasteiger partial charge in [-0.25, -0.2) is 8.78 Å². The Bertz CT molecular complexity index is 823. The summed E-state index contributed by atoms with van der Waals surface area (Å²) in [5, 5.41) is 8.01. The van der Waals surface area contributed by atoms with E-state index in [9.17, 15) is 8.78 Å². The third-order valence-electron chi connectivity index (χ3n) is 3.18. The van der Waals surface area contributed by atoms with Crippen LogP contribution in [0.3, 0.4) is 0 Å². The second kappa shape index (κ2) is 6.80. The van der Waals surface area contributed by atoms with Crippen LogP contribution in [-0.2, 0) is 0 Å². The molecule has 0 bridgehead atoms. The molecule has 1 heterocycles. The highest BCUT2D eigenvalue weighted by molar-refractivity contribution is 9.10. The molecule has 0 saturated heterocycles. The maximum Gasteiger partial charge on any atom is 0.277 e. The Balaban J connectivity index is 1.77. The molecule has 0 amide bonds. The molecular weight excluding hydrogens is 386 g/mol. The first-order valence-electron chi connectivity index (χ1n) is 6.74. The average Bonchev–Trinajstić information content (AvgIpc) is 2.96. The van der Waals surface area contributed by atoms with Gasteiger partial charge in [0, 0.05) is 26.9 Å². The third kappa shape index (κ3) is 3.79. The Morgan fingerprint density at radius 2 is 1.83 bits per heavy atom. The summed E-state index contributed by atoms with van der Waals surface area (Å²) < 4.78 is 33.3. The number of aromatic nitrogens is 2. The van der Waals surface area contributed by atoms with Gasteiger partial charge in [-0.05, 0) is 37.3 Å². The average molecular weight is 397 g/mol. The second-order valence-corrected chi connectivity index (χ2v) is 7.01. The van der Waals surface area contributed by atoms with Crippen molar-refractivity contribution in [3.63, 3.8) is 0 Å². The largest absolute Gasteiger partial charge is 0.411 e. The Kier molecular flexibility index (Phi) is 4.77. The van der Waals surface area contributed by atoms with Crippen molar-refractivity contribution >= 4 is 27.7 Å². The van der Waals surface area contributed by atoms with Crippen LogP contribution in [-0.4, -0.2) is 10.2 Å². The van der Waals surface area contributed by atoms with Crippen molar-refractivity contribution in [3.05, 3.63) is 64.1 Å². The zero-order valence-electron chi connectivity index (χ0n) is 12.0. The topological polar surface area (TPSA) is 38.9 Å². The van der Waals surface area contributed by atoms with Crippen molar-refractivity contribution in [2.45, 2.75) is 17.4 Å². The minimum atomic E-state index is -0.598. The van der Waals surface area contributed by atoms with E-state index in [1.165, 1.54) is 23.9 Å². The molecule has 0 N–H and O–H groups in total. The number of benzene rings is 2. The van der Waals surface area contributed by atoms with Crippen LogP contribution >= 0.6 is 27.7 Å². The molecule has 23 heavy (non-hydrogen) atoms. The lowest BCUT2D eigenvalue weighted by atomic mass is 10.1. The van der Waals surface area contributed by atoms with Gasteiger partial charge in [0.25, 0.3) is 5.22 Å². The van der Waals surface area contributed by atoms with Crippen LogP contribution in [0.25, 0.3) is 11.5 Å². The maximum atomic E-state index is 13.8. The fraction of sp³-hybridized carbons (Fsp3) is 0.125. The molecule has 2 aromatic carbocycles. The minimum Gasteiger partial charge on any atom is -0.411 e. The monoisotopic (exact) mass is 396 g/mol. The van der Waals surface area contributed by atoms with E-state index in [-0.39, 0.29) is 5.25 Å². The van der Waals surface area contributed by atoms with Crippen molar-refractivity contribution < 1.29 is 13.2 Å². The van der Waals surface area contributed by atoms with Gasteiger partial charge in [0.1, 0.15) is 11.6 Å². The van der Waals surface area contributed by atoms with Gasteiger partial charge in [-0.1, -0.05) is 33.8 Å². The summed E-state index contributed by atoms with van der Waals surface area (Å²) in [4.78, 5) is 0. The van der Waals surface area contributed by atoms with E-state index in [0.717, 1.165) is 16.1 Å². The SMILES string of the molecule is C[C@H](Sc1nnc(-c2ccc(Br)cc2)o1)c1ccc(F)cc1F. The van der Waals surface area contributed by atoms with E-state index in [4.69, 9.17) is 4.42 Å². The molecule has 0 spiro atoms. The van der Waals surface area contributed by atoms with E-state index >= 15 is 0 Å². The number of nitrogens with zero attached hydrogens (tertiary/aromatic N) is 2. The van der Waals surface area contributed by atoms with Crippen LogP contribution < -0.4 is 0 Å². The molecule has 0 radical (unpaired) electrons. The van der Waals surface area contributed by atoms with Gasteiger partial charge in [0.15, 0.2) is 0 Å². The molecule has 0 aliphatic heterocycles. The molecule has 7 heteroatoms. The Morgan fingerprint density at radius 3 is 2.52 bits per heavy atom. The quantitative estimate of drug-likeness (QED) is 0.535. The minimum absolute atomic E-state index is 0.284. The molecule has 0 aliphatic rings. The summed E-state index contributed by atoms with van der Waals surface area (Å²) in [5.41, 5.74) is 1.19.